The first-order chi connectivity index (χ1) is 18.4. The van der Waals surface area contributed by atoms with Gasteiger partial charge in [-0.15, -0.1) is 0 Å². The zero-order valence-electron chi connectivity index (χ0n) is 24.2. The molecule has 2 unspecified atom stereocenters. The van der Waals surface area contributed by atoms with Gasteiger partial charge in [0.2, 0.25) is 5.91 Å². The smallest absolute Gasteiger partial charge is 0.408 e. The summed E-state index contributed by atoms with van der Waals surface area (Å²) < 4.78 is 10.5. The van der Waals surface area contributed by atoms with Crippen molar-refractivity contribution >= 4 is 23.6 Å². The summed E-state index contributed by atoms with van der Waals surface area (Å²) in [7, 11) is 1.56. The molecule has 3 amide bonds. The summed E-state index contributed by atoms with van der Waals surface area (Å²) in [5.74, 6) is -0.338. The normalized spacial score (nSPS) is 12.7. The number of nitrogens with one attached hydrogen (secondary N) is 2. The fourth-order valence-corrected chi connectivity index (χ4v) is 4.20. The molecule has 0 heterocycles. The predicted octanol–water partition coefficient (Wildman–Crippen LogP) is 4.90. The Hall–Kier alpha value is -3.59. The minimum atomic E-state index is -1.29. The number of aryl methyl sites for hydroxylation is 2. The molecule has 0 aliphatic rings. The molecular formula is C30H43N3O6. The third kappa shape index (κ3) is 9.58. The second-order valence-electron chi connectivity index (χ2n) is 10.6. The number of alkyl carbamates (subject to hydrolysis) is 1. The number of aliphatic hydroxyl groups excluding tert-OH is 1. The van der Waals surface area contributed by atoms with Crippen LogP contribution >= 0.6 is 0 Å². The van der Waals surface area contributed by atoms with Crippen molar-refractivity contribution in [2.24, 2.45) is 0 Å². The molecule has 0 saturated carbocycles. The van der Waals surface area contributed by atoms with E-state index in [1.165, 1.54) is 4.90 Å². The standard InChI is InChI=1S/C30H43N3O6/c1-8-9-10-17-33(28(36)25(19-34)32-29(37)39-30(4,5)6)26(24-16-11-20(2)18-21(24)3)27(35)31-22-12-14-23(38-7)15-13-22/h11-16,18,25-26,34H,8-10,17,19H2,1-7H3,(H,31,35)(H,32,37). The Labute approximate surface area is 231 Å². The largest absolute Gasteiger partial charge is 0.497 e. The van der Waals surface area contributed by atoms with E-state index in [0.717, 1.165) is 24.0 Å². The highest BCUT2D eigenvalue weighted by atomic mass is 16.6. The number of hydrogen-bond acceptors (Lipinski definition) is 6. The number of carbonyl (C=O) groups is 3. The molecule has 0 radical (unpaired) electrons. The van der Waals surface area contributed by atoms with Gasteiger partial charge in [-0.1, -0.05) is 43.5 Å². The number of unbranched alkanes of at least 4 members (excludes halogenated alkanes) is 2. The first kappa shape index (κ1) is 31.6. The molecule has 9 nitrogen and oxygen atoms in total. The van der Waals surface area contributed by atoms with E-state index in [9.17, 15) is 19.5 Å². The quantitative estimate of drug-likeness (QED) is 0.329. The fraction of sp³-hybridized carbons (Fsp3) is 0.500. The average molecular weight is 542 g/mol. The molecule has 3 N–H and O–H groups in total. The van der Waals surface area contributed by atoms with Gasteiger partial charge in [0.1, 0.15) is 23.4 Å². The SMILES string of the molecule is CCCCCN(C(=O)C(CO)NC(=O)OC(C)(C)C)C(C(=O)Nc1ccc(OC)cc1)c1ccc(C)cc1C. The summed E-state index contributed by atoms with van der Waals surface area (Å²) in [4.78, 5) is 41.7. The highest BCUT2D eigenvalue weighted by Crippen LogP contribution is 2.28. The number of methoxy groups -OCH3 is 1. The molecule has 2 rings (SSSR count). The highest BCUT2D eigenvalue weighted by molar-refractivity contribution is 5.99. The van der Waals surface area contributed by atoms with Gasteiger partial charge in [0.25, 0.3) is 5.91 Å². The third-order valence-electron chi connectivity index (χ3n) is 6.09. The van der Waals surface area contributed by atoms with Gasteiger partial charge in [-0.3, -0.25) is 9.59 Å². The lowest BCUT2D eigenvalue weighted by Crippen LogP contribution is -2.54. The van der Waals surface area contributed by atoms with E-state index in [4.69, 9.17) is 9.47 Å². The maximum Gasteiger partial charge on any atom is 0.408 e. The van der Waals surface area contributed by atoms with Crippen molar-refractivity contribution in [1.82, 2.24) is 10.2 Å². The number of amides is 3. The first-order valence-corrected chi connectivity index (χ1v) is 13.3. The van der Waals surface area contributed by atoms with E-state index < -0.39 is 42.2 Å². The molecule has 0 aliphatic heterocycles. The van der Waals surface area contributed by atoms with Crippen molar-refractivity contribution in [2.45, 2.75) is 78.5 Å². The van der Waals surface area contributed by atoms with Crippen LogP contribution in [0.2, 0.25) is 0 Å². The van der Waals surface area contributed by atoms with Crippen molar-refractivity contribution in [3.8, 4) is 5.75 Å². The summed E-state index contributed by atoms with van der Waals surface area (Å²) in [5, 5.41) is 15.5. The molecule has 0 fully saturated rings. The number of benzene rings is 2. The zero-order chi connectivity index (χ0) is 29.2. The first-order valence-electron chi connectivity index (χ1n) is 13.3. The van der Waals surface area contributed by atoms with E-state index in [1.807, 2.05) is 39.0 Å². The molecule has 2 aromatic carbocycles. The second kappa shape index (κ2) is 14.5. The van der Waals surface area contributed by atoms with Gasteiger partial charge < -0.3 is 30.1 Å². The van der Waals surface area contributed by atoms with Crippen LogP contribution in [0.15, 0.2) is 42.5 Å². The van der Waals surface area contributed by atoms with Gasteiger partial charge in [0, 0.05) is 12.2 Å². The molecule has 0 saturated heterocycles. The van der Waals surface area contributed by atoms with Gasteiger partial charge in [0.05, 0.1) is 13.7 Å². The third-order valence-corrected chi connectivity index (χ3v) is 6.09. The average Bonchev–Trinajstić information content (AvgIpc) is 2.86. The maximum atomic E-state index is 13.9. The van der Waals surface area contributed by atoms with Gasteiger partial charge in [-0.05, 0) is 76.4 Å². The second-order valence-corrected chi connectivity index (χ2v) is 10.6. The number of hydrogen-bond donors (Lipinski definition) is 3. The Morgan fingerprint density at radius 3 is 2.23 bits per heavy atom. The van der Waals surface area contributed by atoms with Gasteiger partial charge >= 0.3 is 6.09 Å². The monoisotopic (exact) mass is 541 g/mol. The van der Waals surface area contributed by atoms with Crippen LogP contribution in [0.5, 0.6) is 5.75 Å². The topological polar surface area (TPSA) is 117 Å². The minimum absolute atomic E-state index is 0.257. The van der Waals surface area contributed by atoms with Crippen LogP contribution in [-0.2, 0) is 14.3 Å². The summed E-state index contributed by atoms with van der Waals surface area (Å²) in [5.41, 5.74) is 2.29. The summed E-state index contributed by atoms with van der Waals surface area (Å²) in [6.45, 7) is 10.6. The number of ether oxygens (including phenoxy) is 2. The minimum Gasteiger partial charge on any atom is -0.497 e. The van der Waals surface area contributed by atoms with Crippen molar-refractivity contribution in [1.29, 1.82) is 0 Å². The van der Waals surface area contributed by atoms with Crippen LogP contribution in [0.1, 0.15) is 69.7 Å². The van der Waals surface area contributed by atoms with Crippen LogP contribution < -0.4 is 15.4 Å². The maximum absolute atomic E-state index is 13.9. The number of aliphatic hydroxyl groups is 1. The van der Waals surface area contributed by atoms with Crippen molar-refractivity contribution in [3.05, 3.63) is 59.2 Å². The Balaban J connectivity index is 2.51. The van der Waals surface area contributed by atoms with Crippen LogP contribution in [0.4, 0.5) is 10.5 Å². The Kier molecular flexibility index (Phi) is 11.8. The van der Waals surface area contributed by atoms with Crippen molar-refractivity contribution in [3.63, 3.8) is 0 Å². The van der Waals surface area contributed by atoms with Crippen LogP contribution in [-0.4, -0.2) is 59.8 Å². The summed E-state index contributed by atoms with van der Waals surface area (Å²) in [6, 6.07) is 10.3. The zero-order valence-corrected chi connectivity index (χ0v) is 24.2. The fourth-order valence-electron chi connectivity index (χ4n) is 4.20. The molecule has 0 spiro atoms. The van der Waals surface area contributed by atoms with Gasteiger partial charge in [-0.25, -0.2) is 4.79 Å². The van der Waals surface area contributed by atoms with Crippen molar-refractivity contribution in [2.75, 3.05) is 25.6 Å². The van der Waals surface area contributed by atoms with E-state index in [0.29, 0.717) is 23.4 Å². The Morgan fingerprint density at radius 1 is 1.03 bits per heavy atom. The number of carbonyl (C=O) groups excluding carboxylic acids is 3. The number of nitrogens with zero attached hydrogens (tertiary/aromatic N) is 1. The van der Waals surface area contributed by atoms with Crippen LogP contribution in [0.25, 0.3) is 0 Å². The molecular weight excluding hydrogens is 498 g/mol. The predicted molar refractivity (Wildman–Crippen MR) is 152 cm³/mol. The molecule has 2 aromatic rings. The van der Waals surface area contributed by atoms with E-state index >= 15 is 0 Å². The molecule has 39 heavy (non-hydrogen) atoms. The van der Waals surface area contributed by atoms with Crippen molar-refractivity contribution < 1.29 is 29.0 Å². The van der Waals surface area contributed by atoms with Crippen LogP contribution in [0, 0.1) is 13.8 Å². The molecule has 0 aromatic heterocycles. The summed E-state index contributed by atoms with van der Waals surface area (Å²) >= 11 is 0. The van der Waals surface area contributed by atoms with E-state index in [1.54, 1.807) is 52.1 Å². The molecule has 0 aliphatic carbocycles. The lowest BCUT2D eigenvalue weighted by atomic mass is 9.96. The van der Waals surface area contributed by atoms with E-state index in [-0.39, 0.29) is 6.54 Å². The molecule has 0 bridgehead atoms. The molecule has 2 atom stereocenters. The number of anilines is 1. The van der Waals surface area contributed by atoms with Gasteiger partial charge in [0.15, 0.2) is 0 Å². The highest BCUT2D eigenvalue weighted by Gasteiger charge is 2.36. The number of rotatable bonds is 12. The molecule has 214 valence electrons. The van der Waals surface area contributed by atoms with Gasteiger partial charge in [-0.2, -0.15) is 0 Å². The lowest BCUT2D eigenvalue weighted by molar-refractivity contribution is -0.141. The Morgan fingerprint density at radius 2 is 1.69 bits per heavy atom. The van der Waals surface area contributed by atoms with E-state index in [2.05, 4.69) is 10.6 Å². The Bertz CT molecular complexity index is 1110. The molecule has 9 heteroatoms. The van der Waals surface area contributed by atoms with Crippen LogP contribution in [0.3, 0.4) is 0 Å². The lowest BCUT2D eigenvalue weighted by Gasteiger charge is -2.35. The summed E-state index contributed by atoms with van der Waals surface area (Å²) in [6.07, 6.45) is 1.57.